The molecule has 0 aliphatic carbocycles. The molecule has 3 N–H and O–H groups in total. The maximum atomic E-state index is 11.9. The molecule has 0 saturated carbocycles. The lowest BCUT2D eigenvalue weighted by Gasteiger charge is -2.19. The van der Waals surface area contributed by atoms with Crippen LogP contribution in [0.15, 0.2) is 30.3 Å². The summed E-state index contributed by atoms with van der Waals surface area (Å²) in [5, 5.41) is 3.04. The largest absolute Gasteiger partial charge is 0.352 e. The molecule has 0 aliphatic heterocycles. The van der Waals surface area contributed by atoms with Crippen molar-refractivity contribution in [1.29, 1.82) is 0 Å². The van der Waals surface area contributed by atoms with E-state index >= 15 is 0 Å². The molecule has 0 heterocycles. The summed E-state index contributed by atoms with van der Waals surface area (Å²) in [6, 6.07) is 10.0. The van der Waals surface area contributed by atoms with Crippen molar-refractivity contribution in [2.24, 2.45) is 5.73 Å². The Bertz CT molecular complexity index is 351. The molecule has 0 bridgehead atoms. The number of carbonyl (C=O) groups excluding carboxylic acids is 1. The average molecular weight is 248 g/mol. The SMILES string of the molecule is CCCC(N)C(=O)NC(CC)Cc1ccccc1. The first-order valence-corrected chi connectivity index (χ1v) is 6.77. The Balaban J connectivity index is 2.49. The molecule has 2 unspecified atom stereocenters. The van der Waals surface area contributed by atoms with Crippen molar-refractivity contribution in [2.45, 2.75) is 51.6 Å². The predicted octanol–water partition coefficient (Wildman–Crippen LogP) is 2.25. The molecule has 0 aromatic heterocycles. The third kappa shape index (κ3) is 4.88. The number of hydrogen-bond donors (Lipinski definition) is 2. The summed E-state index contributed by atoms with van der Waals surface area (Å²) in [4.78, 5) is 11.9. The minimum Gasteiger partial charge on any atom is -0.352 e. The van der Waals surface area contributed by atoms with Crippen molar-refractivity contribution in [3.8, 4) is 0 Å². The van der Waals surface area contributed by atoms with Gasteiger partial charge < -0.3 is 11.1 Å². The molecule has 0 spiro atoms. The van der Waals surface area contributed by atoms with E-state index in [0.717, 1.165) is 25.7 Å². The van der Waals surface area contributed by atoms with Gasteiger partial charge in [0.15, 0.2) is 0 Å². The van der Waals surface area contributed by atoms with E-state index < -0.39 is 0 Å². The van der Waals surface area contributed by atoms with Crippen LogP contribution in [-0.2, 0) is 11.2 Å². The Morgan fingerprint density at radius 1 is 1.28 bits per heavy atom. The Labute approximate surface area is 110 Å². The van der Waals surface area contributed by atoms with Gasteiger partial charge in [0.05, 0.1) is 6.04 Å². The van der Waals surface area contributed by atoms with Gasteiger partial charge in [-0.15, -0.1) is 0 Å². The Kier molecular flexibility index (Phi) is 6.44. The number of rotatable bonds is 7. The number of nitrogens with one attached hydrogen (secondary N) is 1. The standard InChI is InChI=1S/C15H24N2O/c1-3-8-14(16)15(18)17-13(4-2)11-12-9-6-5-7-10-12/h5-7,9-10,13-14H,3-4,8,11,16H2,1-2H3,(H,17,18). The second kappa shape index (κ2) is 7.88. The number of carbonyl (C=O) groups is 1. The van der Waals surface area contributed by atoms with Crippen molar-refractivity contribution in [2.75, 3.05) is 0 Å². The third-order valence-electron chi connectivity index (χ3n) is 3.10. The fraction of sp³-hybridized carbons (Fsp3) is 0.533. The van der Waals surface area contributed by atoms with Gasteiger partial charge in [-0.2, -0.15) is 0 Å². The fourth-order valence-electron chi connectivity index (χ4n) is 1.95. The van der Waals surface area contributed by atoms with Crippen LogP contribution in [0, 0.1) is 0 Å². The molecule has 3 heteroatoms. The lowest BCUT2D eigenvalue weighted by atomic mass is 10.0. The molecule has 100 valence electrons. The highest BCUT2D eigenvalue weighted by molar-refractivity contribution is 5.81. The van der Waals surface area contributed by atoms with Crippen LogP contribution < -0.4 is 11.1 Å². The maximum absolute atomic E-state index is 11.9. The van der Waals surface area contributed by atoms with E-state index in [1.54, 1.807) is 0 Å². The van der Waals surface area contributed by atoms with Crippen LogP contribution >= 0.6 is 0 Å². The first-order valence-electron chi connectivity index (χ1n) is 6.77. The van der Waals surface area contributed by atoms with Gasteiger partial charge in [-0.05, 0) is 24.8 Å². The third-order valence-corrected chi connectivity index (χ3v) is 3.10. The molecule has 0 radical (unpaired) electrons. The summed E-state index contributed by atoms with van der Waals surface area (Å²) >= 11 is 0. The van der Waals surface area contributed by atoms with E-state index in [-0.39, 0.29) is 18.0 Å². The smallest absolute Gasteiger partial charge is 0.237 e. The van der Waals surface area contributed by atoms with E-state index in [1.807, 2.05) is 25.1 Å². The maximum Gasteiger partial charge on any atom is 0.237 e. The van der Waals surface area contributed by atoms with Gasteiger partial charge in [0, 0.05) is 6.04 Å². The van der Waals surface area contributed by atoms with Crippen LogP contribution in [0.25, 0.3) is 0 Å². The highest BCUT2D eigenvalue weighted by atomic mass is 16.2. The zero-order chi connectivity index (χ0) is 13.4. The van der Waals surface area contributed by atoms with Crippen LogP contribution in [0.2, 0.25) is 0 Å². The van der Waals surface area contributed by atoms with Crippen molar-refractivity contribution >= 4 is 5.91 Å². The molecule has 0 saturated heterocycles. The van der Waals surface area contributed by atoms with Crippen LogP contribution in [0.5, 0.6) is 0 Å². The molecular weight excluding hydrogens is 224 g/mol. The van der Waals surface area contributed by atoms with Crippen LogP contribution in [0.1, 0.15) is 38.7 Å². The summed E-state index contributed by atoms with van der Waals surface area (Å²) in [5.74, 6) is -0.0281. The van der Waals surface area contributed by atoms with Gasteiger partial charge in [-0.25, -0.2) is 0 Å². The van der Waals surface area contributed by atoms with E-state index in [2.05, 4.69) is 24.4 Å². The summed E-state index contributed by atoms with van der Waals surface area (Å²) in [6.45, 7) is 4.12. The molecule has 3 nitrogen and oxygen atoms in total. The van der Waals surface area contributed by atoms with E-state index in [9.17, 15) is 4.79 Å². The fourth-order valence-corrected chi connectivity index (χ4v) is 1.95. The van der Waals surface area contributed by atoms with Gasteiger partial charge in [-0.1, -0.05) is 50.6 Å². The second-order valence-electron chi connectivity index (χ2n) is 4.70. The zero-order valence-electron chi connectivity index (χ0n) is 11.4. The van der Waals surface area contributed by atoms with E-state index in [4.69, 9.17) is 5.73 Å². The van der Waals surface area contributed by atoms with Gasteiger partial charge in [-0.3, -0.25) is 4.79 Å². The number of amides is 1. The topological polar surface area (TPSA) is 55.1 Å². The van der Waals surface area contributed by atoms with E-state index in [0.29, 0.717) is 0 Å². The lowest BCUT2D eigenvalue weighted by molar-refractivity contribution is -0.123. The molecule has 2 atom stereocenters. The van der Waals surface area contributed by atoms with Gasteiger partial charge >= 0.3 is 0 Å². The quantitative estimate of drug-likeness (QED) is 0.777. The average Bonchev–Trinajstić information content (AvgIpc) is 2.39. The number of benzene rings is 1. The minimum absolute atomic E-state index is 0.0281. The highest BCUT2D eigenvalue weighted by Crippen LogP contribution is 2.06. The van der Waals surface area contributed by atoms with E-state index in [1.165, 1.54) is 5.56 Å². The summed E-state index contributed by atoms with van der Waals surface area (Å²) < 4.78 is 0. The molecule has 1 amide bonds. The normalized spacial score (nSPS) is 13.9. The molecule has 0 aliphatic rings. The minimum atomic E-state index is -0.375. The summed E-state index contributed by atoms with van der Waals surface area (Å²) in [7, 11) is 0. The van der Waals surface area contributed by atoms with Crippen molar-refractivity contribution < 1.29 is 4.79 Å². The van der Waals surface area contributed by atoms with Gasteiger partial charge in [0.1, 0.15) is 0 Å². The predicted molar refractivity (Wildman–Crippen MR) is 75.3 cm³/mol. The Hall–Kier alpha value is -1.35. The second-order valence-corrected chi connectivity index (χ2v) is 4.70. The number of hydrogen-bond acceptors (Lipinski definition) is 2. The highest BCUT2D eigenvalue weighted by Gasteiger charge is 2.16. The van der Waals surface area contributed by atoms with Crippen LogP contribution in [0.4, 0.5) is 0 Å². The summed E-state index contributed by atoms with van der Waals surface area (Å²) in [6.07, 6.45) is 3.46. The lowest BCUT2D eigenvalue weighted by Crippen LogP contribution is -2.45. The van der Waals surface area contributed by atoms with Crippen molar-refractivity contribution in [1.82, 2.24) is 5.32 Å². The molecule has 1 aromatic rings. The molecule has 1 rings (SSSR count). The summed E-state index contributed by atoms with van der Waals surface area (Å²) in [5.41, 5.74) is 7.06. The Morgan fingerprint density at radius 3 is 2.50 bits per heavy atom. The Morgan fingerprint density at radius 2 is 1.94 bits per heavy atom. The number of nitrogens with two attached hydrogens (primary N) is 1. The zero-order valence-corrected chi connectivity index (χ0v) is 11.4. The van der Waals surface area contributed by atoms with Gasteiger partial charge in [0.25, 0.3) is 0 Å². The van der Waals surface area contributed by atoms with Crippen molar-refractivity contribution in [3.63, 3.8) is 0 Å². The van der Waals surface area contributed by atoms with Gasteiger partial charge in [0.2, 0.25) is 5.91 Å². The van der Waals surface area contributed by atoms with Crippen molar-refractivity contribution in [3.05, 3.63) is 35.9 Å². The molecule has 1 aromatic carbocycles. The van der Waals surface area contributed by atoms with Crippen LogP contribution in [0.3, 0.4) is 0 Å². The monoisotopic (exact) mass is 248 g/mol. The molecule has 0 fully saturated rings. The first kappa shape index (κ1) is 14.7. The molecule has 18 heavy (non-hydrogen) atoms. The van der Waals surface area contributed by atoms with Crippen LogP contribution in [-0.4, -0.2) is 18.0 Å². The first-order chi connectivity index (χ1) is 8.67. The molecular formula is C15H24N2O.